The molecular formula is C14H14ClNO. The van der Waals surface area contributed by atoms with Gasteiger partial charge in [-0.25, -0.2) is 0 Å². The maximum Gasteiger partial charge on any atom is 0.223 e. The van der Waals surface area contributed by atoms with Crippen molar-refractivity contribution in [3.63, 3.8) is 0 Å². The van der Waals surface area contributed by atoms with E-state index in [1.54, 1.807) is 0 Å². The van der Waals surface area contributed by atoms with E-state index in [0.29, 0.717) is 13.0 Å². The first-order valence-electron chi connectivity index (χ1n) is 5.67. The van der Waals surface area contributed by atoms with E-state index in [-0.39, 0.29) is 11.8 Å². The molecule has 1 aliphatic heterocycles. The number of terminal acetylenes is 1. The summed E-state index contributed by atoms with van der Waals surface area (Å²) in [5, 5.41) is 0.735. The molecule has 0 bridgehead atoms. The number of nitrogens with zero attached hydrogens (tertiary/aromatic N) is 1. The molecule has 1 aromatic carbocycles. The molecule has 1 amide bonds. The van der Waals surface area contributed by atoms with Crippen molar-refractivity contribution >= 4 is 17.5 Å². The fraction of sp³-hybridized carbons (Fsp3) is 0.357. The number of likely N-dealkylation sites (tertiary alicyclic amines) is 1. The van der Waals surface area contributed by atoms with Crippen LogP contribution in [0.1, 0.15) is 12.0 Å². The lowest BCUT2D eigenvalue weighted by Gasteiger charge is -2.15. The minimum absolute atomic E-state index is 0.0905. The van der Waals surface area contributed by atoms with Gasteiger partial charge in [-0.1, -0.05) is 23.7 Å². The molecule has 88 valence electrons. The summed E-state index contributed by atoms with van der Waals surface area (Å²) in [6, 6.07) is 7.71. The van der Waals surface area contributed by atoms with Crippen LogP contribution in [0.4, 0.5) is 0 Å². The topological polar surface area (TPSA) is 20.3 Å². The summed E-state index contributed by atoms with van der Waals surface area (Å²) in [7, 11) is 0. The number of benzene rings is 1. The SMILES string of the molecule is C#CC1CC(=O)N(CCc2ccc(Cl)cc2)C1. The number of hydrogen-bond donors (Lipinski definition) is 0. The van der Waals surface area contributed by atoms with Crippen LogP contribution in [0.15, 0.2) is 24.3 Å². The lowest BCUT2D eigenvalue weighted by molar-refractivity contribution is -0.127. The Labute approximate surface area is 107 Å². The van der Waals surface area contributed by atoms with Crippen LogP contribution in [-0.4, -0.2) is 23.9 Å². The van der Waals surface area contributed by atoms with E-state index >= 15 is 0 Å². The molecule has 2 nitrogen and oxygen atoms in total. The quantitative estimate of drug-likeness (QED) is 0.751. The molecule has 1 unspecified atom stereocenters. The maximum atomic E-state index is 11.6. The predicted octanol–water partition coefficient (Wildman–Crippen LogP) is 2.36. The molecule has 1 saturated heterocycles. The molecule has 1 fully saturated rings. The number of halogens is 1. The first kappa shape index (κ1) is 12.0. The van der Waals surface area contributed by atoms with Gasteiger partial charge in [-0.2, -0.15) is 0 Å². The number of carbonyl (C=O) groups excluding carboxylic acids is 1. The van der Waals surface area contributed by atoms with Crippen molar-refractivity contribution in [3.8, 4) is 12.3 Å². The summed E-state index contributed by atoms with van der Waals surface area (Å²) in [4.78, 5) is 13.5. The number of carbonyl (C=O) groups is 1. The van der Waals surface area contributed by atoms with E-state index in [0.717, 1.165) is 18.0 Å². The van der Waals surface area contributed by atoms with Crippen molar-refractivity contribution in [1.29, 1.82) is 0 Å². The highest BCUT2D eigenvalue weighted by molar-refractivity contribution is 6.30. The minimum Gasteiger partial charge on any atom is -0.341 e. The zero-order chi connectivity index (χ0) is 12.3. The Hall–Kier alpha value is -1.46. The smallest absolute Gasteiger partial charge is 0.223 e. The van der Waals surface area contributed by atoms with Crippen molar-refractivity contribution < 1.29 is 4.79 Å². The second-order valence-electron chi connectivity index (χ2n) is 4.28. The Bertz CT molecular complexity index is 446. The first-order chi connectivity index (χ1) is 8.19. The fourth-order valence-electron chi connectivity index (χ4n) is 2.02. The van der Waals surface area contributed by atoms with Crippen LogP contribution in [-0.2, 0) is 11.2 Å². The van der Waals surface area contributed by atoms with Crippen molar-refractivity contribution in [1.82, 2.24) is 4.90 Å². The summed E-state index contributed by atoms with van der Waals surface area (Å²) in [6.07, 6.45) is 6.68. The Morgan fingerprint density at radius 2 is 2.12 bits per heavy atom. The van der Waals surface area contributed by atoms with E-state index in [4.69, 9.17) is 18.0 Å². The Kier molecular flexibility index (Phi) is 3.71. The van der Waals surface area contributed by atoms with Crippen molar-refractivity contribution in [2.24, 2.45) is 5.92 Å². The average molecular weight is 248 g/mol. The first-order valence-corrected chi connectivity index (χ1v) is 6.05. The molecule has 0 aromatic heterocycles. The molecule has 0 aliphatic carbocycles. The summed E-state index contributed by atoms with van der Waals surface area (Å²) in [5.41, 5.74) is 1.19. The molecule has 17 heavy (non-hydrogen) atoms. The normalized spacial score (nSPS) is 19.4. The van der Waals surface area contributed by atoms with Crippen molar-refractivity contribution in [2.45, 2.75) is 12.8 Å². The van der Waals surface area contributed by atoms with Crippen LogP contribution < -0.4 is 0 Å². The second-order valence-corrected chi connectivity index (χ2v) is 4.72. The van der Waals surface area contributed by atoms with Crippen LogP contribution >= 0.6 is 11.6 Å². The Morgan fingerprint density at radius 1 is 1.41 bits per heavy atom. The third-order valence-electron chi connectivity index (χ3n) is 3.03. The lowest BCUT2D eigenvalue weighted by Crippen LogP contribution is -2.27. The maximum absolute atomic E-state index is 11.6. The fourth-order valence-corrected chi connectivity index (χ4v) is 2.14. The molecule has 1 aliphatic rings. The molecule has 0 radical (unpaired) electrons. The largest absolute Gasteiger partial charge is 0.341 e. The van der Waals surface area contributed by atoms with Gasteiger partial charge in [-0.15, -0.1) is 12.3 Å². The zero-order valence-electron chi connectivity index (χ0n) is 9.53. The molecule has 2 rings (SSSR count). The van der Waals surface area contributed by atoms with Crippen molar-refractivity contribution in [2.75, 3.05) is 13.1 Å². The highest BCUT2D eigenvalue weighted by atomic mass is 35.5. The van der Waals surface area contributed by atoms with Crippen LogP contribution in [0.25, 0.3) is 0 Å². The van der Waals surface area contributed by atoms with Gasteiger partial charge in [0.1, 0.15) is 0 Å². The predicted molar refractivity (Wildman–Crippen MR) is 68.7 cm³/mol. The number of amides is 1. The van der Waals surface area contributed by atoms with Gasteiger partial charge in [0.15, 0.2) is 0 Å². The highest BCUT2D eigenvalue weighted by Gasteiger charge is 2.27. The second kappa shape index (κ2) is 5.25. The average Bonchev–Trinajstić information content (AvgIpc) is 2.69. The van der Waals surface area contributed by atoms with Gasteiger partial charge in [-0.05, 0) is 24.1 Å². The molecular weight excluding hydrogens is 234 g/mol. The molecule has 1 atom stereocenters. The molecule has 0 spiro atoms. The van der Waals surface area contributed by atoms with Gasteiger partial charge in [0.2, 0.25) is 5.91 Å². The van der Waals surface area contributed by atoms with Gasteiger partial charge in [-0.3, -0.25) is 4.79 Å². The number of rotatable bonds is 3. The van der Waals surface area contributed by atoms with Crippen molar-refractivity contribution in [3.05, 3.63) is 34.9 Å². The van der Waals surface area contributed by atoms with Gasteiger partial charge in [0.25, 0.3) is 0 Å². The molecule has 3 heteroatoms. The van der Waals surface area contributed by atoms with Crippen LogP contribution in [0, 0.1) is 18.3 Å². The molecule has 0 N–H and O–H groups in total. The Morgan fingerprint density at radius 3 is 2.71 bits per heavy atom. The monoisotopic (exact) mass is 247 g/mol. The summed E-state index contributed by atoms with van der Waals surface area (Å²) >= 11 is 5.81. The third kappa shape index (κ3) is 3.01. The van der Waals surface area contributed by atoms with Crippen LogP contribution in [0.5, 0.6) is 0 Å². The minimum atomic E-state index is 0.0905. The van der Waals surface area contributed by atoms with E-state index in [2.05, 4.69) is 5.92 Å². The molecule has 1 heterocycles. The number of hydrogen-bond acceptors (Lipinski definition) is 1. The van der Waals surface area contributed by atoms with Gasteiger partial charge in [0.05, 0.1) is 0 Å². The summed E-state index contributed by atoms with van der Waals surface area (Å²) in [6.45, 7) is 1.43. The standard InChI is InChI=1S/C14H14ClNO/c1-2-11-9-14(17)16(10-11)8-7-12-3-5-13(15)6-4-12/h1,3-6,11H,7-10H2. The van der Waals surface area contributed by atoms with E-state index in [1.165, 1.54) is 5.56 Å². The van der Waals surface area contributed by atoms with Gasteiger partial charge < -0.3 is 4.90 Å². The third-order valence-corrected chi connectivity index (χ3v) is 3.29. The Balaban J connectivity index is 1.89. The van der Waals surface area contributed by atoms with E-state index in [9.17, 15) is 4.79 Å². The zero-order valence-corrected chi connectivity index (χ0v) is 10.3. The van der Waals surface area contributed by atoms with E-state index < -0.39 is 0 Å². The molecule has 1 aromatic rings. The van der Waals surface area contributed by atoms with Crippen LogP contribution in [0.2, 0.25) is 5.02 Å². The van der Waals surface area contributed by atoms with Crippen LogP contribution in [0.3, 0.4) is 0 Å². The van der Waals surface area contributed by atoms with Gasteiger partial charge >= 0.3 is 0 Å². The van der Waals surface area contributed by atoms with E-state index in [1.807, 2.05) is 29.2 Å². The molecule has 0 saturated carbocycles. The summed E-state index contributed by atoms with van der Waals surface area (Å²) < 4.78 is 0. The highest BCUT2D eigenvalue weighted by Crippen LogP contribution is 2.17. The lowest BCUT2D eigenvalue weighted by atomic mass is 10.1. The van der Waals surface area contributed by atoms with Gasteiger partial charge in [0, 0.05) is 30.5 Å². The summed E-state index contributed by atoms with van der Waals surface area (Å²) in [5.74, 6) is 2.91.